The minimum absolute atomic E-state index is 0.414. The first-order valence-corrected chi connectivity index (χ1v) is 4.03. The lowest BCUT2D eigenvalue weighted by atomic mass is 10.3. The molecule has 0 radical (unpaired) electrons. The molecule has 0 aliphatic heterocycles. The summed E-state index contributed by atoms with van der Waals surface area (Å²) in [7, 11) is 0. The topological polar surface area (TPSA) is 54.4 Å². The van der Waals surface area contributed by atoms with Gasteiger partial charge in [-0.15, -0.1) is 0 Å². The molecule has 0 fully saturated rings. The average Bonchev–Trinajstić information content (AvgIpc) is 1.87. The fraction of sp³-hybridized carbons (Fsp3) is 0.667. The summed E-state index contributed by atoms with van der Waals surface area (Å²) in [5.41, 5.74) is 0. The van der Waals surface area contributed by atoms with Crippen LogP contribution in [0.3, 0.4) is 0 Å². The van der Waals surface area contributed by atoms with Crippen LogP contribution in [0.2, 0.25) is 0 Å². The van der Waals surface area contributed by atoms with Crippen LogP contribution in [0.25, 0.3) is 0 Å². The van der Waals surface area contributed by atoms with Crippen LogP contribution in [0.4, 0.5) is 0 Å². The molecule has 4 heteroatoms. The summed E-state index contributed by atoms with van der Waals surface area (Å²) in [5, 5.41) is 7.80. The summed E-state index contributed by atoms with van der Waals surface area (Å²) in [6, 6.07) is 0. The highest BCUT2D eigenvalue weighted by molar-refractivity contribution is 8.00. The maximum absolute atomic E-state index is 10.6. The zero-order valence-electron chi connectivity index (χ0n) is 5.96. The van der Waals surface area contributed by atoms with Crippen molar-refractivity contribution in [2.45, 2.75) is 19.1 Å². The summed E-state index contributed by atoms with van der Waals surface area (Å²) in [6.45, 7) is 3.49. The smallest absolute Gasteiger partial charge is 0.373 e. The Bertz CT molecular complexity index is 144. The molecule has 0 aromatic heterocycles. The van der Waals surface area contributed by atoms with Crippen LogP contribution in [0, 0.1) is 0 Å². The first-order chi connectivity index (χ1) is 4.59. The second kappa shape index (κ2) is 4.33. The molecule has 10 heavy (non-hydrogen) atoms. The number of carboxylic acid groups (broad SMARTS) is 1. The van der Waals surface area contributed by atoms with E-state index in [2.05, 4.69) is 0 Å². The third-order valence-electron chi connectivity index (χ3n) is 0.997. The van der Waals surface area contributed by atoms with Crippen molar-refractivity contribution in [1.29, 1.82) is 0 Å². The Hall–Kier alpha value is -0.510. The van der Waals surface area contributed by atoms with E-state index >= 15 is 0 Å². The number of Topliss-reactive ketones (excluding diaryl/α,β-unsaturated/α-hetero) is 1. The minimum Gasteiger partial charge on any atom is -0.475 e. The third-order valence-corrected chi connectivity index (χ3v) is 2.04. The Morgan fingerprint density at radius 1 is 1.60 bits per heavy atom. The van der Waals surface area contributed by atoms with Gasteiger partial charge in [0, 0.05) is 0 Å². The maximum Gasteiger partial charge on any atom is 0.373 e. The Kier molecular flexibility index (Phi) is 4.11. The highest BCUT2D eigenvalue weighted by Gasteiger charge is 2.19. The quantitative estimate of drug-likeness (QED) is 0.621. The summed E-state index contributed by atoms with van der Waals surface area (Å²) < 4.78 is 0. The van der Waals surface area contributed by atoms with Gasteiger partial charge in [0.2, 0.25) is 0 Å². The molecule has 1 unspecified atom stereocenters. The molecule has 0 aliphatic rings. The van der Waals surface area contributed by atoms with E-state index in [4.69, 9.17) is 5.11 Å². The fourth-order valence-electron chi connectivity index (χ4n) is 0.500. The first-order valence-electron chi connectivity index (χ1n) is 2.98. The van der Waals surface area contributed by atoms with Crippen LogP contribution in [0.5, 0.6) is 0 Å². The van der Waals surface area contributed by atoms with E-state index in [0.29, 0.717) is 0 Å². The van der Waals surface area contributed by atoms with Gasteiger partial charge in [0.05, 0.1) is 5.25 Å². The molecule has 3 nitrogen and oxygen atoms in total. The van der Waals surface area contributed by atoms with Gasteiger partial charge in [-0.2, -0.15) is 11.8 Å². The Labute approximate surface area is 63.8 Å². The lowest BCUT2D eigenvalue weighted by Gasteiger charge is -2.02. The van der Waals surface area contributed by atoms with Crippen LogP contribution < -0.4 is 0 Å². The Balaban J connectivity index is 3.82. The molecule has 0 saturated carbocycles. The van der Waals surface area contributed by atoms with Crippen molar-refractivity contribution in [1.82, 2.24) is 0 Å². The molecule has 0 aromatic rings. The number of hydrogen-bond acceptors (Lipinski definition) is 3. The van der Waals surface area contributed by atoms with E-state index in [9.17, 15) is 9.59 Å². The third kappa shape index (κ3) is 2.87. The summed E-state index contributed by atoms with van der Waals surface area (Å²) in [5.74, 6) is -1.29. The lowest BCUT2D eigenvalue weighted by molar-refractivity contribution is -0.148. The first kappa shape index (κ1) is 9.49. The predicted octanol–water partition coefficient (Wildman–Crippen LogP) is 0.782. The van der Waals surface area contributed by atoms with Gasteiger partial charge in [-0.25, -0.2) is 4.79 Å². The van der Waals surface area contributed by atoms with Crippen molar-refractivity contribution in [3.8, 4) is 0 Å². The highest BCUT2D eigenvalue weighted by Crippen LogP contribution is 2.09. The molecule has 0 heterocycles. The molecular weight excluding hydrogens is 152 g/mol. The van der Waals surface area contributed by atoms with Crippen molar-refractivity contribution in [2.75, 3.05) is 5.75 Å². The van der Waals surface area contributed by atoms with Gasteiger partial charge < -0.3 is 5.11 Å². The van der Waals surface area contributed by atoms with Gasteiger partial charge in [-0.3, -0.25) is 4.79 Å². The predicted molar refractivity (Wildman–Crippen MR) is 40.2 cm³/mol. The molecule has 0 aromatic carbocycles. The van der Waals surface area contributed by atoms with E-state index in [1.165, 1.54) is 11.8 Å². The number of aliphatic carboxylic acids is 1. The van der Waals surface area contributed by atoms with E-state index in [1.54, 1.807) is 6.92 Å². The van der Waals surface area contributed by atoms with Crippen molar-refractivity contribution >= 4 is 23.5 Å². The van der Waals surface area contributed by atoms with E-state index in [0.717, 1.165) is 5.75 Å². The van der Waals surface area contributed by atoms with E-state index in [1.807, 2.05) is 6.92 Å². The van der Waals surface area contributed by atoms with Gasteiger partial charge >= 0.3 is 5.97 Å². The number of thioether (sulfide) groups is 1. The molecule has 1 N–H and O–H groups in total. The number of carbonyl (C=O) groups is 2. The lowest BCUT2D eigenvalue weighted by Crippen LogP contribution is -2.22. The molecule has 58 valence electrons. The van der Waals surface area contributed by atoms with Crippen LogP contribution >= 0.6 is 11.8 Å². The zero-order chi connectivity index (χ0) is 8.15. The molecule has 0 bridgehead atoms. The summed E-state index contributed by atoms with van der Waals surface area (Å²) in [6.07, 6.45) is 0. The van der Waals surface area contributed by atoms with Crippen LogP contribution in [-0.4, -0.2) is 27.9 Å². The van der Waals surface area contributed by atoms with E-state index in [-0.39, 0.29) is 0 Å². The summed E-state index contributed by atoms with van der Waals surface area (Å²) in [4.78, 5) is 20.7. The van der Waals surface area contributed by atoms with Crippen LogP contribution in [0.15, 0.2) is 0 Å². The molecular formula is C6H10O3S. The van der Waals surface area contributed by atoms with Crippen molar-refractivity contribution in [3.05, 3.63) is 0 Å². The number of carbonyl (C=O) groups excluding carboxylic acids is 1. The molecule has 0 aliphatic carbocycles. The maximum atomic E-state index is 10.6. The Morgan fingerprint density at radius 3 is 2.40 bits per heavy atom. The van der Waals surface area contributed by atoms with E-state index < -0.39 is 17.0 Å². The molecule has 0 saturated heterocycles. The normalized spacial score (nSPS) is 12.6. The van der Waals surface area contributed by atoms with Gasteiger partial charge in [0.1, 0.15) is 0 Å². The molecule has 0 rings (SSSR count). The van der Waals surface area contributed by atoms with Gasteiger partial charge in [-0.1, -0.05) is 6.92 Å². The average molecular weight is 162 g/mol. The molecule has 0 spiro atoms. The molecule has 0 amide bonds. The number of carboxylic acids is 1. The van der Waals surface area contributed by atoms with Gasteiger partial charge in [-0.05, 0) is 12.7 Å². The van der Waals surface area contributed by atoms with Crippen LogP contribution in [-0.2, 0) is 9.59 Å². The van der Waals surface area contributed by atoms with Crippen molar-refractivity contribution < 1.29 is 14.7 Å². The van der Waals surface area contributed by atoms with Gasteiger partial charge in [0.25, 0.3) is 5.78 Å². The number of rotatable bonds is 4. The standard InChI is InChI=1S/C6H10O3S/c1-3-10-4(2)5(7)6(8)9/h4H,3H2,1-2H3,(H,8,9). The summed E-state index contributed by atoms with van der Waals surface area (Å²) >= 11 is 1.34. The zero-order valence-corrected chi connectivity index (χ0v) is 6.77. The number of hydrogen-bond donors (Lipinski definition) is 1. The molecule has 1 atom stereocenters. The Morgan fingerprint density at radius 2 is 2.10 bits per heavy atom. The second-order valence-electron chi connectivity index (χ2n) is 1.77. The highest BCUT2D eigenvalue weighted by atomic mass is 32.2. The largest absolute Gasteiger partial charge is 0.475 e. The second-order valence-corrected chi connectivity index (χ2v) is 3.38. The van der Waals surface area contributed by atoms with Crippen LogP contribution in [0.1, 0.15) is 13.8 Å². The monoisotopic (exact) mass is 162 g/mol. The fourth-order valence-corrected chi connectivity index (χ4v) is 1.25. The SMILES string of the molecule is CCSC(C)C(=O)C(=O)O. The van der Waals surface area contributed by atoms with Crippen molar-refractivity contribution in [2.24, 2.45) is 0 Å². The minimum atomic E-state index is -1.34. The van der Waals surface area contributed by atoms with Gasteiger partial charge in [0.15, 0.2) is 0 Å². The van der Waals surface area contributed by atoms with Crippen molar-refractivity contribution in [3.63, 3.8) is 0 Å². The number of ketones is 1.